The number of carbonyl (C=O) groups is 1. The zero-order valence-electron chi connectivity index (χ0n) is 10.6. The number of benzene rings is 1. The summed E-state index contributed by atoms with van der Waals surface area (Å²) in [5.41, 5.74) is 6.98. The van der Waals surface area contributed by atoms with E-state index in [-0.39, 0.29) is 11.9 Å². The van der Waals surface area contributed by atoms with Gasteiger partial charge in [0.15, 0.2) is 0 Å². The molecular formula is C15H20N2O. The highest BCUT2D eigenvalue weighted by Crippen LogP contribution is 2.35. The highest BCUT2D eigenvalue weighted by molar-refractivity contribution is 5.94. The zero-order valence-corrected chi connectivity index (χ0v) is 10.6. The normalized spacial score (nSPS) is 31.2. The van der Waals surface area contributed by atoms with Crippen LogP contribution in [0.3, 0.4) is 0 Å². The van der Waals surface area contributed by atoms with Crippen molar-refractivity contribution in [2.45, 2.75) is 25.3 Å². The van der Waals surface area contributed by atoms with Gasteiger partial charge in [-0.05, 0) is 36.8 Å². The Hall–Kier alpha value is -1.35. The number of hydrogen-bond donors (Lipinski definition) is 1. The second-order valence-corrected chi connectivity index (χ2v) is 5.59. The molecule has 0 spiro atoms. The molecule has 3 rings (SSSR count). The first-order chi connectivity index (χ1) is 8.75. The van der Waals surface area contributed by atoms with E-state index in [4.69, 9.17) is 5.73 Å². The average molecular weight is 244 g/mol. The Kier molecular flexibility index (Phi) is 3.08. The summed E-state index contributed by atoms with van der Waals surface area (Å²) in [7, 11) is 0. The highest BCUT2D eigenvalue weighted by Gasteiger charge is 2.40. The monoisotopic (exact) mass is 244 g/mol. The number of nitrogens with zero attached hydrogens (tertiary/aromatic N) is 1. The predicted octanol–water partition coefficient (Wildman–Crippen LogP) is 1.89. The fraction of sp³-hybridized carbons (Fsp3) is 0.533. The number of carbonyl (C=O) groups excluding carboxylic acids is 1. The average Bonchev–Trinajstić information content (AvgIpc) is 2.84. The molecule has 1 aliphatic heterocycles. The summed E-state index contributed by atoms with van der Waals surface area (Å²) in [6.45, 7) is 1.74. The Bertz CT molecular complexity index is 431. The molecule has 1 aromatic carbocycles. The third-order valence-electron chi connectivity index (χ3n) is 4.46. The number of nitrogens with two attached hydrogens (primary N) is 1. The maximum absolute atomic E-state index is 12.4. The Morgan fingerprint density at radius 2 is 1.94 bits per heavy atom. The van der Waals surface area contributed by atoms with E-state index in [9.17, 15) is 4.79 Å². The SMILES string of the molecule is NC1CCCC2CN(C(=O)c3ccccc3)CC12. The first kappa shape index (κ1) is 11.7. The molecule has 2 N–H and O–H groups in total. The molecule has 1 saturated heterocycles. The van der Waals surface area contributed by atoms with Gasteiger partial charge in [0.25, 0.3) is 5.91 Å². The molecule has 0 bridgehead atoms. The van der Waals surface area contributed by atoms with Crippen LogP contribution < -0.4 is 5.73 Å². The summed E-state index contributed by atoms with van der Waals surface area (Å²) in [6.07, 6.45) is 3.57. The minimum Gasteiger partial charge on any atom is -0.338 e. The number of rotatable bonds is 1. The second kappa shape index (κ2) is 4.73. The molecule has 2 fully saturated rings. The molecule has 18 heavy (non-hydrogen) atoms. The minimum absolute atomic E-state index is 0.164. The molecule has 3 nitrogen and oxygen atoms in total. The molecule has 3 atom stereocenters. The van der Waals surface area contributed by atoms with Crippen LogP contribution in [0.15, 0.2) is 30.3 Å². The zero-order chi connectivity index (χ0) is 12.5. The van der Waals surface area contributed by atoms with Crippen LogP contribution in [0.4, 0.5) is 0 Å². The van der Waals surface area contributed by atoms with Crippen molar-refractivity contribution in [3.05, 3.63) is 35.9 Å². The van der Waals surface area contributed by atoms with E-state index in [0.29, 0.717) is 11.8 Å². The van der Waals surface area contributed by atoms with Gasteiger partial charge in [0.05, 0.1) is 0 Å². The molecular weight excluding hydrogens is 224 g/mol. The third kappa shape index (κ3) is 2.03. The van der Waals surface area contributed by atoms with Crippen LogP contribution in [0.5, 0.6) is 0 Å². The molecule has 1 amide bonds. The minimum atomic E-state index is 0.164. The Labute approximate surface area is 108 Å². The van der Waals surface area contributed by atoms with Gasteiger partial charge in [0, 0.05) is 24.7 Å². The molecule has 0 aromatic heterocycles. The van der Waals surface area contributed by atoms with Gasteiger partial charge in [-0.15, -0.1) is 0 Å². The van der Waals surface area contributed by atoms with Gasteiger partial charge in [-0.25, -0.2) is 0 Å². The van der Waals surface area contributed by atoms with Gasteiger partial charge in [-0.1, -0.05) is 24.6 Å². The van der Waals surface area contributed by atoms with Crippen LogP contribution in [0.2, 0.25) is 0 Å². The van der Waals surface area contributed by atoms with Crippen LogP contribution >= 0.6 is 0 Å². The van der Waals surface area contributed by atoms with E-state index in [1.165, 1.54) is 12.8 Å². The van der Waals surface area contributed by atoms with Crippen LogP contribution in [0.25, 0.3) is 0 Å². The van der Waals surface area contributed by atoms with E-state index in [2.05, 4.69) is 0 Å². The lowest BCUT2D eigenvalue weighted by atomic mass is 9.78. The fourth-order valence-electron chi connectivity index (χ4n) is 3.45. The Balaban J connectivity index is 1.74. The summed E-state index contributed by atoms with van der Waals surface area (Å²) in [6, 6.07) is 9.85. The standard InChI is InChI=1S/C15H20N2O/c16-14-8-4-7-12-9-17(10-13(12)14)15(18)11-5-2-1-3-6-11/h1-3,5-6,12-14H,4,7-10,16H2. The van der Waals surface area contributed by atoms with Crippen LogP contribution in [0.1, 0.15) is 29.6 Å². The highest BCUT2D eigenvalue weighted by atomic mass is 16.2. The molecule has 1 aliphatic carbocycles. The van der Waals surface area contributed by atoms with Crippen molar-refractivity contribution in [3.8, 4) is 0 Å². The second-order valence-electron chi connectivity index (χ2n) is 5.59. The smallest absolute Gasteiger partial charge is 0.253 e. The van der Waals surface area contributed by atoms with Crippen LogP contribution in [0, 0.1) is 11.8 Å². The predicted molar refractivity (Wildman–Crippen MR) is 71.2 cm³/mol. The molecule has 3 unspecified atom stereocenters. The Morgan fingerprint density at radius 1 is 1.17 bits per heavy atom. The van der Waals surface area contributed by atoms with Crippen molar-refractivity contribution in [2.24, 2.45) is 17.6 Å². The largest absolute Gasteiger partial charge is 0.338 e. The van der Waals surface area contributed by atoms with Crippen molar-refractivity contribution in [2.75, 3.05) is 13.1 Å². The van der Waals surface area contributed by atoms with Crippen molar-refractivity contribution in [3.63, 3.8) is 0 Å². The Morgan fingerprint density at radius 3 is 2.67 bits per heavy atom. The third-order valence-corrected chi connectivity index (χ3v) is 4.46. The summed E-state index contributed by atoms with van der Waals surface area (Å²) in [5.74, 6) is 1.31. The molecule has 3 heteroatoms. The number of hydrogen-bond acceptors (Lipinski definition) is 2. The molecule has 2 aliphatic rings. The lowest BCUT2D eigenvalue weighted by Crippen LogP contribution is -2.38. The summed E-state index contributed by atoms with van der Waals surface area (Å²) in [5, 5.41) is 0. The van der Waals surface area contributed by atoms with Crippen molar-refractivity contribution < 1.29 is 4.79 Å². The summed E-state index contributed by atoms with van der Waals surface area (Å²) < 4.78 is 0. The molecule has 0 radical (unpaired) electrons. The van der Waals surface area contributed by atoms with E-state index in [1.807, 2.05) is 35.2 Å². The van der Waals surface area contributed by atoms with Crippen molar-refractivity contribution in [1.29, 1.82) is 0 Å². The maximum Gasteiger partial charge on any atom is 0.253 e. The maximum atomic E-state index is 12.4. The number of likely N-dealkylation sites (tertiary alicyclic amines) is 1. The van der Waals surface area contributed by atoms with Gasteiger partial charge in [-0.3, -0.25) is 4.79 Å². The van der Waals surface area contributed by atoms with Crippen molar-refractivity contribution >= 4 is 5.91 Å². The first-order valence-electron chi connectivity index (χ1n) is 6.85. The number of fused-ring (bicyclic) bond motifs is 1. The van der Waals surface area contributed by atoms with Gasteiger partial charge >= 0.3 is 0 Å². The summed E-state index contributed by atoms with van der Waals surface area (Å²) >= 11 is 0. The van der Waals surface area contributed by atoms with Gasteiger partial charge in [0.2, 0.25) is 0 Å². The van der Waals surface area contributed by atoms with Gasteiger partial charge < -0.3 is 10.6 Å². The lowest BCUT2D eigenvalue weighted by molar-refractivity contribution is 0.0783. The summed E-state index contributed by atoms with van der Waals surface area (Å²) in [4.78, 5) is 14.4. The molecule has 1 aromatic rings. The fourth-order valence-corrected chi connectivity index (χ4v) is 3.45. The van der Waals surface area contributed by atoms with E-state index in [0.717, 1.165) is 25.1 Å². The molecule has 96 valence electrons. The molecule has 1 heterocycles. The van der Waals surface area contributed by atoms with Gasteiger partial charge in [0.1, 0.15) is 0 Å². The number of amides is 1. The quantitative estimate of drug-likeness (QED) is 0.820. The topological polar surface area (TPSA) is 46.3 Å². The molecule has 1 saturated carbocycles. The lowest BCUT2D eigenvalue weighted by Gasteiger charge is -2.29. The first-order valence-corrected chi connectivity index (χ1v) is 6.85. The van der Waals surface area contributed by atoms with E-state index >= 15 is 0 Å². The van der Waals surface area contributed by atoms with E-state index in [1.54, 1.807) is 0 Å². The van der Waals surface area contributed by atoms with Gasteiger partial charge in [-0.2, -0.15) is 0 Å². The van der Waals surface area contributed by atoms with Crippen LogP contribution in [-0.2, 0) is 0 Å². The van der Waals surface area contributed by atoms with Crippen LogP contribution in [-0.4, -0.2) is 29.9 Å². The van der Waals surface area contributed by atoms with E-state index < -0.39 is 0 Å². The van der Waals surface area contributed by atoms with Crippen molar-refractivity contribution in [1.82, 2.24) is 4.90 Å².